The van der Waals surface area contributed by atoms with E-state index < -0.39 is 5.82 Å². The molecule has 1 aliphatic heterocycles. The molecule has 0 atom stereocenters. The van der Waals surface area contributed by atoms with E-state index in [4.69, 9.17) is 0 Å². The Morgan fingerprint density at radius 2 is 1.86 bits per heavy atom. The van der Waals surface area contributed by atoms with Gasteiger partial charge in [-0.1, -0.05) is 0 Å². The number of fused-ring (bicyclic) bond motifs is 1. The number of amides is 1. The minimum Gasteiger partial charge on any atom is -0.367 e. The third-order valence-electron chi connectivity index (χ3n) is 5.22. The lowest BCUT2D eigenvalue weighted by molar-refractivity contribution is 0.0740. The van der Waals surface area contributed by atoms with Crippen molar-refractivity contribution >= 4 is 22.4 Å². The van der Waals surface area contributed by atoms with Crippen molar-refractivity contribution in [2.45, 2.75) is 20.4 Å². The minimum absolute atomic E-state index is 0.117. The molecular weight excluding hydrogens is 373 g/mol. The van der Waals surface area contributed by atoms with Crippen molar-refractivity contribution in [2.24, 2.45) is 0 Å². The number of carbonyl (C=O) groups is 1. The van der Waals surface area contributed by atoms with Crippen molar-refractivity contribution in [1.29, 1.82) is 0 Å². The van der Waals surface area contributed by atoms with Crippen molar-refractivity contribution in [3.8, 4) is 0 Å². The first-order valence-electron chi connectivity index (χ1n) is 9.64. The number of rotatable bonds is 3. The van der Waals surface area contributed by atoms with Crippen LogP contribution in [-0.4, -0.2) is 51.8 Å². The van der Waals surface area contributed by atoms with E-state index in [1.165, 1.54) is 22.9 Å². The van der Waals surface area contributed by atoms with Gasteiger partial charge in [0.05, 0.1) is 17.3 Å². The summed E-state index contributed by atoms with van der Waals surface area (Å²) in [7, 11) is 0. The number of aryl methyl sites for hydroxylation is 2. The van der Waals surface area contributed by atoms with Crippen LogP contribution in [0.1, 0.15) is 23.0 Å². The lowest BCUT2D eigenvalue weighted by Gasteiger charge is -2.36. The maximum atomic E-state index is 13.8. The highest BCUT2D eigenvalue weighted by molar-refractivity contribution is 6.04. The van der Waals surface area contributed by atoms with Gasteiger partial charge >= 0.3 is 0 Å². The second kappa shape index (κ2) is 7.62. The summed E-state index contributed by atoms with van der Waals surface area (Å²) >= 11 is 0. The van der Waals surface area contributed by atoms with E-state index in [2.05, 4.69) is 21.0 Å². The molecule has 0 unspecified atom stereocenters. The largest absolute Gasteiger partial charge is 0.367 e. The number of pyridine rings is 1. The Hall–Kier alpha value is -3.29. The molecule has 1 saturated heterocycles. The molecule has 8 heteroatoms. The predicted molar refractivity (Wildman–Crippen MR) is 109 cm³/mol. The van der Waals surface area contributed by atoms with E-state index in [1.807, 2.05) is 19.3 Å². The molecule has 1 amide bonds. The highest BCUT2D eigenvalue weighted by atomic mass is 19.1. The van der Waals surface area contributed by atoms with Crippen LogP contribution in [-0.2, 0) is 6.54 Å². The van der Waals surface area contributed by atoms with Crippen molar-refractivity contribution in [3.05, 3.63) is 64.1 Å². The zero-order valence-corrected chi connectivity index (χ0v) is 16.4. The Kier molecular flexibility index (Phi) is 5.00. The fourth-order valence-corrected chi connectivity index (χ4v) is 3.66. The predicted octanol–water partition coefficient (Wildman–Crippen LogP) is 2.22. The van der Waals surface area contributed by atoms with Crippen molar-refractivity contribution in [1.82, 2.24) is 19.7 Å². The fourth-order valence-electron chi connectivity index (χ4n) is 3.66. The van der Waals surface area contributed by atoms with Crippen LogP contribution in [0.25, 0.3) is 10.8 Å². The van der Waals surface area contributed by atoms with Crippen LogP contribution in [0.15, 0.2) is 41.5 Å². The molecule has 1 aromatic carbocycles. The number of nitrogens with zero attached hydrogens (tertiary/aromatic N) is 5. The maximum absolute atomic E-state index is 13.8. The van der Waals surface area contributed by atoms with Crippen molar-refractivity contribution in [3.63, 3.8) is 0 Å². The van der Waals surface area contributed by atoms with Crippen molar-refractivity contribution < 1.29 is 9.18 Å². The van der Waals surface area contributed by atoms with Gasteiger partial charge in [-0.2, -0.15) is 5.10 Å². The highest BCUT2D eigenvalue weighted by Crippen LogP contribution is 2.20. The second-order valence-corrected chi connectivity index (χ2v) is 7.16. The monoisotopic (exact) mass is 395 g/mol. The summed E-state index contributed by atoms with van der Waals surface area (Å²) in [6.07, 6.45) is 3.63. The molecule has 0 radical (unpaired) electrons. The third kappa shape index (κ3) is 3.57. The Balaban J connectivity index is 1.62. The van der Waals surface area contributed by atoms with Crippen LogP contribution in [0.2, 0.25) is 0 Å². The number of anilines is 1. The van der Waals surface area contributed by atoms with Crippen LogP contribution < -0.4 is 10.5 Å². The topological polar surface area (TPSA) is 71.3 Å². The maximum Gasteiger partial charge on any atom is 0.275 e. The molecule has 1 aliphatic rings. The molecule has 4 rings (SSSR count). The summed E-state index contributed by atoms with van der Waals surface area (Å²) < 4.78 is 15.1. The van der Waals surface area contributed by atoms with Gasteiger partial charge in [0.15, 0.2) is 5.69 Å². The normalized spacial score (nSPS) is 14.4. The molecule has 0 N–H and O–H groups in total. The summed E-state index contributed by atoms with van der Waals surface area (Å²) in [5, 5.41) is 4.81. The average molecular weight is 395 g/mol. The first-order chi connectivity index (χ1) is 14.0. The summed E-state index contributed by atoms with van der Waals surface area (Å²) in [5.74, 6) is -0.788. The Labute approximate surface area is 167 Å². The molecule has 7 nitrogen and oxygen atoms in total. The zero-order chi connectivity index (χ0) is 20.5. The van der Waals surface area contributed by atoms with E-state index in [0.29, 0.717) is 38.1 Å². The van der Waals surface area contributed by atoms with Gasteiger partial charge in [-0.15, -0.1) is 0 Å². The standard InChI is InChI=1S/C21H22FN5O2/c1-3-27-20(28)17-5-4-15(22)11-18(17)19(24-27)21(29)26-8-6-25(7-9-26)16-10-14(2)12-23-13-16/h4-5,10-13H,3,6-9H2,1-2H3. The van der Waals surface area contributed by atoms with E-state index in [9.17, 15) is 14.0 Å². The molecule has 3 aromatic rings. The summed E-state index contributed by atoms with van der Waals surface area (Å²) in [6, 6.07) is 5.93. The first-order valence-corrected chi connectivity index (χ1v) is 9.64. The molecule has 2 aromatic heterocycles. The number of benzene rings is 1. The smallest absolute Gasteiger partial charge is 0.275 e. The van der Waals surface area contributed by atoms with Gasteiger partial charge < -0.3 is 9.80 Å². The lowest BCUT2D eigenvalue weighted by Crippen LogP contribution is -2.49. The van der Waals surface area contributed by atoms with Gasteiger partial charge in [-0.3, -0.25) is 14.6 Å². The van der Waals surface area contributed by atoms with E-state index in [-0.39, 0.29) is 22.5 Å². The molecule has 1 fully saturated rings. The zero-order valence-electron chi connectivity index (χ0n) is 16.4. The molecular formula is C21H22FN5O2. The molecule has 29 heavy (non-hydrogen) atoms. The Morgan fingerprint density at radius 3 is 2.55 bits per heavy atom. The summed E-state index contributed by atoms with van der Waals surface area (Å²) in [4.78, 5) is 33.8. The number of carbonyl (C=O) groups excluding carboxylic acids is 1. The van der Waals surface area contributed by atoms with Crippen LogP contribution in [0, 0.1) is 12.7 Å². The molecule has 0 spiro atoms. The van der Waals surface area contributed by atoms with Gasteiger partial charge in [-0.05, 0) is 43.7 Å². The third-order valence-corrected chi connectivity index (χ3v) is 5.22. The van der Waals surface area contributed by atoms with E-state index in [1.54, 1.807) is 11.8 Å². The molecule has 0 bridgehead atoms. The van der Waals surface area contributed by atoms with Gasteiger partial charge in [0.25, 0.3) is 11.5 Å². The quantitative estimate of drug-likeness (QED) is 0.680. The molecule has 3 heterocycles. The van der Waals surface area contributed by atoms with Crippen molar-refractivity contribution in [2.75, 3.05) is 31.1 Å². The van der Waals surface area contributed by atoms with Crippen LogP contribution in [0.4, 0.5) is 10.1 Å². The number of halogens is 1. The SMILES string of the molecule is CCn1nc(C(=O)N2CCN(c3cncc(C)c3)CC2)c2cc(F)ccc2c1=O. The first kappa shape index (κ1) is 19.0. The number of piperazine rings is 1. The van der Waals surface area contributed by atoms with Gasteiger partial charge in [0.2, 0.25) is 0 Å². The van der Waals surface area contributed by atoms with Gasteiger partial charge in [0.1, 0.15) is 5.82 Å². The minimum atomic E-state index is -0.501. The van der Waals surface area contributed by atoms with E-state index >= 15 is 0 Å². The Bertz CT molecular complexity index is 1140. The van der Waals surface area contributed by atoms with Gasteiger partial charge in [0, 0.05) is 44.3 Å². The molecule has 0 saturated carbocycles. The second-order valence-electron chi connectivity index (χ2n) is 7.16. The van der Waals surface area contributed by atoms with Crippen LogP contribution in [0.5, 0.6) is 0 Å². The number of hydrogen-bond donors (Lipinski definition) is 0. The van der Waals surface area contributed by atoms with Gasteiger partial charge in [-0.25, -0.2) is 9.07 Å². The van der Waals surface area contributed by atoms with Crippen LogP contribution in [0.3, 0.4) is 0 Å². The number of aromatic nitrogens is 3. The molecule has 150 valence electrons. The average Bonchev–Trinajstić information content (AvgIpc) is 2.73. The summed E-state index contributed by atoms with van der Waals surface area (Å²) in [6.45, 7) is 6.46. The Morgan fingerprint density at radius 1 is 1.10 bits per heavy atom. The number of hydrogen-bond acceptors (Lipinski definition) is 5. The molecule has 0 aliphatic carbocycles. The highest BCUT2D eigenvalue weighted by Gasteiger charge is 2.26. The summed E-state index contributed by atoms with van der Waals surface area (Å²) in [5.41, 5.74) is 1.91. The fraction of sp³-hybridized carbons (Fsp3) is 0.333. The van der Waals surface area contributed by atoms with E-state index in [0.717, 1.165) is 11.3 Å². The lowest BCUT2D eigenvalue weighted by atomic mass is 10.1. The van der Waals surface area contributed by atoms with Crippen LogP contribution >= 0.6 is 0 Å².